The molecule has 0 amide bonds. The Bertz CT molecular complexity index is 808. The van der Waals surface area contributed by atoms with E-state index in [1.165, 1.54) is 0 Å². The first kappa shape index (κ1) is 24.1. The van der Waals surface area contributed by atoms with Crippen molar-refractivity contribution in [3.05, 3.63) is 84.8 Å². The zero-order valence-electron chi connectivity index (χ0n) is 14.1. The Balaban J connectivity index is 0.00000118. The van der Waals surface area contributed by atoms with Crippen molar-refractivity contribution < 1.29 is 24.1 Å². The minimum atomic E-state index is 0. The largest absolute Gasteiger partial charge is 2.00 e. The van der Waals surface area contributed by atoms with Crippen LogP contribution in [-0.4, -0.2) is 4.98 Å². The van der Waals surface area contributed by atoms with Gasteiger partial charge in [-0.25, -0.2) is 0 Å². The van der Waals surface area contributed by atoms with Crippen LogP contribution in [-0.2, 0) is 60.9 Å². The van der Waals surface area contributed by atoms with E-state index < -0.39 is 0 Å². The molecule has 0 aliphatic carbocycles. The van der Waals surface area contributed by atoms with E-state index in [2.05, 4.69) is 37.0 Å². The minimum Gasteiger partial charge on any atom is -0.779 e. The van der Waals surface area contributed by atoms with E-state index in [1.807, 2.05) is 36.4 Å². The molecule has 0 spiro atoms. The molecule has 3 aromatic rings. The molecule has 0 saturated carbocycles. The fraction of sp³-hybridized carbons (Fsp3) is 0.100. The summed E-state index contributed by atoms with van der Waals surface area (Å²) in [6.45, 7) is 4.50. The van der Waals surface area contributed by atoms with Crippen LogP contribution in [0.25, 0.3) is 0 Å². The third-order valence-electron chi connectivity index (χ3n) is 3.31. The summed E-state index contributed by atoms with van der Waals surface area (Å²) in [7, 11) is 0. The van der Waals surface area contributed by atoms with Gasteiger partial charge in [-0.1, -0.05) is 54.6 Å². The number of hydrogen-bond acceptors (Lipinski definition) is 5. The van der Waals surface area contributed by atoms with Gasteiger partial charge in [0.15, 0.2) is 0 Å². The van der Waals surface area contributed by atoms with Gasteiger partial charge in [0, 0.05) is 11.5 Å². The predicted molar refractivity (Wildman–Crippen MR) is 111 cm³/mol. The van der Waals surface area contributed by atoms with E-state index in [0.29, 0.717) is 0 Å². The molecule has 1 heterocycles. The minimum absolute atomic E-state index is 0. The Morgan fingerprint density at radius 2 is 1.11 bits per heavy atom. The molecule has 0 bridgehead atoms. The second-order valence-corrected chi connectivity index (χ2v) is 8.01. The maximum Gasteiger partial charge on any atom is 2.00 e. The van der Waals surface area contributed by atoms with Crippen molar-refractivity contribution >= 4 is 48.8 Å². The van der Waals surface area contributed by atoms with Crippen molar-refractivity contribution in [2.45, 2.75) is 31.1 Å². The van der Waals surface area contributed by atoms with Crippen molar-refractivity contribution in [3.8, 4) is 0 Å². The van der Waals surface area contributed by atoms with E-state index in [-0.39, 0.29) is 19.5 Å². The average molecular weight is 515 g/mol. The van der Waals surface area contributed by atoms with Crippen molar-refractivity contribution in [1.82, 2.24) is 4.98 Å². The Hall–Kier alpha value is -0.907. The van der Waals surface area contributed by atoms with Crippen LogP contribution < -0.4 is 0 Å². The molecule has 27 heavy (non-hydrogen) atoms. The van der Waals surface area contributed by atoms with Crippen LogP contribution in [0.1, 0.15) is 11.4 Å². The zero-order valence-corrected chi connectivity index (χ0v) is 19.1. The Labute approximate surface area is 192 Å². The first-order valence-corrected chi connectivity index (χ1v) is 10.4. The molecule has 0 unspecified atom stereocenters. The predicted octanol–water partition coefficient (Wildman–Crippen LogP) is 5.44. The number of pyridine rings is 1. The molecule has 2 aromatic carbocycles. The molecule has 0 N–H and O–H groups in total. The molecule has 0 fully saturated rings. The van der Waals surface area contributed by atoms with Gasteiger partial charge in [-0.2, -0.15) is 9.79 Å². The summed E-state index contributed by atoms with van der Waals surface area (Å²) in [6.07, 6.45) is 0. The van der Waals surface area contributed by atoms with Gasteiger partial charge >= 0.3 is 30.8 Å². The smallest absolute Gasteiger partial charge is 0.779 e. The topological polar surface area (TPSA) is 32.8 Å². The number of aromatic nitrogens is 1. The Morgan fingerprint density at radius 3 is 1.52 bits per heavy atom. The van der Waals surface area contributed by atoms with Gasteiger partial charge < -0.3 is 25.3 Å². The van der Waals surface area contributed by atoms with Crippen LogP contribution in [0.3, 0.4) is 0 Å². The zero-order chi connectivity index (χ0) is 18.8. The number of benzene rings is 2. The van der Waals surface area contributed by atoms with Gasteiger partial charge in [0.2, 0.25) is 0 Å². The Kier molecular flexibility index (Phi) is 11.9. The summed E-state index contributed by atoms with van der Waals surface area (Å²) in [5, 5.41) is 0. The average Bonchev–Trinajstić information content (AvgIpc) is 2.69. The first-order chi connectivity index (χ1) is 12.7. The molecule has 7 heteroatoms. The maximum atomic E-state index is 7.50. The molecule has 0 radical (unpaired) electrons. The molecule has 2 nitrogen and oxygen atoms in total. The van der Waals surface area contributed by atoms with Crippen molar-refractivity contribution in [3.63, 3.8) is 0 Å². The summed E-state index contributed by atoms with van der Waals surface area (Å²) >= 11 is 14.2. The van der Waals surface area contributed by atoms with E-state index in [9.17, 15) is 0 Å². The van der Waals surface area contributed by atoms with Crippen LogP contribution in [0.2, 0.25) is 0 Å². The summed E-state index contributed by atoms with van der Waals surface area (Å²) in [6, 6.07) is 22.2. The van der Waals surface area contributed by atoms with Crippen molar-refractivity contribution in [2.75, 3.05) is 0 Å². The summed E-state index contributed by atoms with van der Waals surface area (Å²) in [5.74, 6) is 1.65. The number of nitrogens with zero attached hydrogens (tertiary/aromatic N) is 1. The summed E-state index contributed by atoms with van der Waals surface area (Å²) in [5.41, 5.74) is 2.14. The number of rotatable bonds is 6. The third-order valence-corrected chi connectivity index (χ3v) is 6.50. The molecule has 0 saturated heterocycles. The van der Waals surface area contributed by atoms with Crippen molar-refractivity contribution in [1.29, 1.82) is 0 Å². The van der Waals surface area contributed by atoms with Crippen LogP contribution in [0.4, 0.5) is 0 Å². The van der Waals surface area contributed by atoms with Gasteiger partial charge in [-0.3, -0.25) is 4.98 Å². The molecular formula is C20H15NORuS4. The second-order valence-electron chi connectivity index (χ2n) is 5.09. The standard InChI is InChI=1S/C19H17NS4.CO.Ru/c21-16-8-1-3-10-18(16)23-12-14-6-5-7-15(20-14)13-24-19-11-4-2-9-17(19)22;1-2;/h1-11,21-22H,12-13H2;;/q;;+2/p-2. The van der Waals surface area contributed by atoms with Crippen LogP contribution in [0.15, 0.2) is 86.3 Å². The van der Waals surface area contributed by atoms with Crippen molar-refractivity contribution in [2.24, 2.45) is 0 Å². The normalized spacial score (nSPS) is 9.56. The van der Waals surface area contributed by atoms with Crippen LogP contribution in [0, 0.1) is 6.65 Å². The number of hydrogen-bond donors (Lipinski definition) is 0. The van der Waals surface area contributed by atoms with E-state index in [1.54, 1.807) is 23.5 Å². The molecule has 0 atom stereocenters. The third kappa shape index (κ3) is 7.92. The van der Waals surface area contributed by atoms with Crippen LogP contribution in [0.5, 0.6) is 0 Å². The molecule has 3 rings (SSSR count). The van der Waals surface area contributed by atoms with Gasteiger partial charge in [0.1, 0.15) is 0 Å². The molecule has 0 aliphatic rings. The molecular weight excluding hydrogens is 500 g/mol. The quantitative estimate of drug-likeness (QED) is 0.144. The van der Waals surface area contributed by atoms with Gasteiger partial charge in [-0.15, -0.1) is 23.5 Å². The SMILES string of the molecule is [C-]#[O+].[Ru+2].[S-]c1ccccc1SCc1cccc(CSc2ccccc2[S-])n1. The summed E-state index contributed by atoms with van der Waals surface area (Å²) < 4.78 is 7.50. The van der Waals surface area contributed by atoms with Gasteiger partial charge in [-0.05, 0) is 21.9 Å². The van der Waals surface area contributed by atoms with Gasteiger partial charge in [0.05, 0.1) is 11.4 Å². The second kappa shape index (κ2) is 13.3. The molecule has 138 valence electrons. The monoisotopic (exact) mass is 515 g/mol. The summed E-state index contributed by atoms with van der Waals surface area (Å²) in [4.78, 5) is 8.82. The van der Waals surface area contributed by atoms with Gasteiger partial charge in [0.25, 0.3) is 0 Å². The van der Waals surface area contributed by atoms with E-state index >= 15 is 0 Å². The van der Waals surface area contributed by atoms with Crippen LogP contribution >= 0.6 is 23.5 Å². The Morgan fingerprint density at radius 1 is 0.704 bits per heavy atom. The van der Waals surface area contributed by atoms with E-state index in [0.717, 1.165) is 42.5 Å². The van der Waals surface area contributed by atoms with E-state index in [4.69, 9.17) is 34.9 Å². The molecule has 0 aliphatic heterocycles. The molecule has 1 aromatic heterocycles. The fourth-order valence-corrected chi connectivity index (χ4v) is 4.48. The number of thioether (sulfide) groups is 2. The first-order valence-electron chi connectivity index (χ1n) is 7.65. The maximum absolute atomic E-state index is 7.50. The fourth-order valence-electron chi connectivity index (χ4n) is 2.13.